The Morgan fingerprint density at radius 2 is 1.77 bits per heavy atom. The first-order valence-electron chi connectivity index (χ1n) is 9.56. The van der Waals surface area contributed by atoms with Crippen molar-refractivity contribution in [3.8, 4) is 11.5 Å². The third-order valence-corrected chi connectivity index (χ3v) is 4.25. The maximum absolute atomic E-state index is 10.7. The van der Waals surface area contributed by atoms with Gasteiger partial charge in [0.25, 0.3) is 5.69 Å². The SMILES string of the molecule is Cc1ccccc1OCCCOc1cccc(/C=N/Nc2ccc([N+](=O)[O-])cc2)c1. The predicted octanol–water partition coefficient (Wildman–Crippen LogP) is 5.20. The molecule has 0 aromatic heterocycles. The monoisotopic (exact) mass is 405 g/mol. The summed E-state index contributed by atoms with van der Waals surface area (Å²) >= 11 is 0. The summed E-state index contributed by atoms with van der Waals surface area (Å²) in [4.78, 5) is 10.2. The quantitative estimate of drug-likeness (QED) is 0.217. The number of nitrogens with one attached hydrogen (secondary N) is 1. The van der Waals surface area contributed by atoms with Gasteiger partial charge in [-0.2, -0.15) is 5.10 Å². The van der Waals surface area contributed by atoms with Crippen molar-refractivity contribution in [1.29, 1.82) is 0 Å². The Labute approximate surface area is 175 Å². The lowest BCUT2D eigenvalue weighted by molar-refractivity contribution is -0.384. The van der Waals surface area contributed by atoms with Crippen LogP contribution < -0.4 is 14.9 Å². The van der Waals surface area contributed by atoms with Crippen LogP contribution in [-0.2, 0) is 0 Å². The number of benzene rings is 3. The van der Waals surface area contributed by atoms with Gasteiger partial charge >= 0.3 is 0 Å². The normalized spacial score (nSPS) is 10.7. The highest BCUT2D eigenvalue weighted by Gasteiger charge is 2.03. The van der Waals surface area contributed by atoms with Gasteiger partial charge in [-0.05, 0) is 48.4 Å². The zero-order chi connectivity index (χ0) is 21.2. The largest absolute Gasteiger partial charge is 0.493 e. The molecule has 0 saturated heterocycles. The third-order valence-electron chi connectivity index (χ3n) is 4.25. The van der Waals surface area contributed by atoms with E-state index in [9.17, 15) is 10.1 Å². The second kappa shape index (κ2) is 10.6. The van der Waals surface area contributed by atoms with Gasteiger partial charge in [0.15, 0.2) is 0 Å². The topological polar surface area (TPSA) is 86.0 Å². The molecular formula is C23H23N3O4. The summed E-state index contributed by atoms with van der Waals surface area (Å²) in [6.45, 7) is 3.16. The molecular weight excluding hydrogens is 382 g/mol. The van der Waals surface area contributed by atoms with E-state index < -0.39 is 4.92 Å². The lowest BCUT2D eigenvalue weighted by atomic mass is 10.2. The molecule has 0 fully saturated rings. The molecule has 0 aliphatic carbocycles. The van der Waals surface area contributed by atoms with Crippen LogP contribution >= 0.6 is 0 Å². The average molecular weight is 405 g/mol. The molecule has 0 bridgehead atoms. The zero-order valence-electron chi connectivity index (χ0n) is 16.7. The van der Waals surface area contributed by atoms with E-state index in [1.165, 1.54) is 12.1 Å². The molecule has 0 amide bonds. The molecule has 0 heterocycles. The summed E-state index contributed by atoms with van der Waals surface area (Å²) in [5, 5.41) is 14.8. The summed E-state index contributed by atoms with van der Waals surface area (Å²) < 4.78 is 11.6. The maximum atomic E-state index is 10.7. The number of ether oxygens (including phenoxy) is 2. The van der Waals surface area contributed by atoms with Gasteiger partial charge in [0.05, 0.1) is 30.0 Å². The molecule has 7 nitrogen and oxygen atoms in total. The van der Waals surface area contributed by atoms with E-state index in [4.69, 9.17) is 9.47 Å². The van der Waals surface area contributed by atoms with Crippen molar-refractivity contribution >= 4 is 17.6 Å². The van der Waals surface area contributed by atoms with E-state index in [0.29, 0.717) is 18.9 Å². The minimum atomic E-state index is -0.437. The molecule has 0 radical (unpaired) electrons. The van der Waals surface area contributed by atoms with Crippen LogP contribution in [0.1, 0.15) is 17.5 Å². The lowest BCUT2D eigenvalue weighted by Crippen LogP contribution is -2.05. The molecule has 0 aliphatic rings. The van der Waals surface area contributed by atoms with Gasteiger partial charge in [0, 0.05) is 18.6 Å². The summed E-state index contributed by atoms with van der Waals surface area (Å²) in [5.74, 6) is 1.65. The molecule has 0 saturated carbocycles. The second-order valence-corrected chi connectivity index (χ2v) is 6.56. The first-order chi connectivity index (χ1) is 14.6. The minimum absolute atomic E-state index is 0.0404. The lowest BCUT2D eigenvalue weighted by Gasteiger charge is -2.10. The third kappa shape index (κ3) is 6.34. The van der Waals surface area contributed by atoms with Gasteiger partial charge in [-0.15, -0.1) is 0 Å². The summed E-state index contributed by atoms with van der Waals surface area (Å²) in [6, 6.07) is 21.6. The Kier molecular flexibility index (Phi) is 7.38. The number of hydrazone groups is 1. The van der Waals surface area contributed by atoms with Crippen LogP contribution in [0.4, 0.5) is 11.4 Å². The van der Waals surface area contributed by atoms with E-state index in [2.05, 4.69) is 10.5 Å². The Morgan fingerprint density at radius 1 is 1.00 bits per heavy atom. The number of anilines is 1. The molecule has 0 atom stereocenters. The second-order valence-electron chi connectivity index (χ2n) is 6.56. The zero-order valence-corrected chi connectivity index (χ0v) is 16.7. The minimum Gasteiger partial charge on any atom is -0.493 e. The Bertz CT molecular complexity index is 1000. The number of nitro groups is 1. The molecule has 1 N–H and O–H groups in total. The number of nitro benzene ring substituents is 1. The fourth-order valence-electron chi connectivity index (χ4n) is 2.67. The summed E-state index contributed by atoms with van der Waals surface area (Å²) in [7, 11) is 0. The van der Waals surface area contributed by atoms with Crippen LogP contribution in [0.2, 0.25) is 0 Å². The van der Waals surface area contributed by atoms with Gasteiger partial charge < -0.3 is 9.47 Å². The van der Waals surface area contributed by atoms with E-state index in [1.54, 1.807) is 18.3 Å². The molecule has 3 aromatic rings. The highest BCUT2D eigenvalue weighted by atomic mass is 16.6. The number of nitrogens with zero attached hydrogens (tertiary/aromatic N) is 2. The molecule has 3 rings (SSSR count). The maximum Gasteiger partial charge on any atom is 0.269 e. The Hall–Kier alpha value is -3.87. The highest BCUT2D eigenvalue weighted by molar-refractivity contribution is 5.80. The molecule has 30 heavy (non-hydrogen) atoms. The molecule has 7 heteroatoms. The van der Waals surface area contributed by atoms with Gasteiger partial charge in [-0.3, -0.25) is 15.5 Å². The predicted molar refractivity (Wildman–Crippen MR) is 118 cm³/mol. The first-order valence-corrected chi connectivity index (χ1v) is 9.56. The highest BCUT2D eigenvalue weighted by Crippen LogP contribution is 2.17. The van der Waals surface area contributed by atoms with Crippen LogP contribution in [0.25, 0.3) is 0 Å². The number of hydrogen-bond acceptors (Lipinski definition) is 6. The van der Waals surface area contributed by atoms with Crippen molar-refractivity contribution in [1.82, 2.24) is 0 Å². The van der Waals surface area contributed by atoms with Crippen molar-refractivity contribution in [3.05, 3.63) is 94.0 Å². The smallest absolute Gasteiger partial charge is 0.269 e. The van der Waals surface area contributed by atoms with Gasteiger partial charge in [0.2, 0.25) is 0 Å². The van der Waals surface area contributed by atoms with E-state index in [0.717, 1.165) is 29.0 Å². The molecule has 3 aromatic carbocycles. The van der Waals surface area contributed by atoms with Crippen molar-refractivity contribution in [2.75, 3.05) is 18.6 Å². The van der Waals surface area contributed by atoms with Crippen molar-refractivity contribution in [2.24, 2.45) is 5.10 Å². The number of aryl methyl sites for hydroxylation is 1. The first kappa shape index (κ1) is 20.9. The van der Waals surface area contributed by atoms with Crippen molar-refractivity contribution in [3.63, 3.8) is 0 Å². The summed E-state index contributed by atoms with van der Waals surface area (Å²) in [5.41, 5.74) is 5.54. The Balaban J connectivity index is 1.43. The van der Waals surface area contributed by atoms with E-state index in [-0.39, 0.29) is 5.69 Å². The molecule has 154 valence electrons. The van der Waals surface area contributed by atoms with Gasteiger partial charge in [-0.1, -0.05) is 30.3 Å². The number of para-hydroxylation sites is 1. The number of hydrogen-bond donors (Lipinski definition) is 1. The average Bonchev–Trinajstić information content (AvgIpc) is 2.75. The van der Waals surface area contributed by atoms with Crippen LogP contribution in [0.15, 0.2) is 77.9 Å². The van der Waals surface area contributed by atoms with Crippen LogP contribution in [0.5, 0.6) is 11.5 Å². The fraction of sp³-hybridized carbons (Fsp3) is 0.174. The van der Waals surface area contributed by atoms with Gasteiger partial charge in [-0.25, -0.2) is 0 Å². The number of non-ortho nitro benzene ring substituents is 1. The molecule has 0 spiro atoms. The summed E-state index contributed by atoms with van der Waals surface area (Å²) in [6.07, 6.45) is 2.43. The fourth-order valence-corrected chi connectivity index (χ4v) is 2.67. The Morgan fingerprint density at radius 3 is 2.53 bits per heavy atom. The number of rotatable bonds is 10. The van der Waals surface area contributed by atoms with Crippen LogP contribution in [-0.4, -0.2) is 24.4 Å². The van der Waals surface area contributed by atoms with Crippen LogP contribution in [0, 0.1) is 17.0 Å². The van der Waals surface area contributed by atoms with Crippen molar-refractivity contribution < 1.29 is 14.4 Å². The molecule has 0 unspecified atom stereocenters. The van der Waals surface area contributed by atoms with E-state index >= 15 is 0 Å². The standard InChI is InChI=1S/C23H23N3O4/c1-18-6-2-3-9-23(18)30-15-5-14-29-22-8-4-7-19(16-22)17-24-25-20-10-12-21(13-11-20)26(27)28/h2-4,6-13,16-17,25H,5,14-15H2,1H3/b24-17+. The van der Waals surface area contributed by atoms with Gasteiger partial charge in [0.1, 0.15) is 11.5 Å². The molecule has 0 aliphatic heterocycles. The van der Waals surface area contributed by atoms with Crippen LogP contribution in [0.3, 0.4) is 0 Å². The van der Waals surface area contributed by atoms with E-state index in [1.807, 2.05) is 55.5 Å². The van der Waals surface area contributed by atoms with Crippen molar-refractivity contribution in [2.45, 2.75) is 13.3 Å².